The summed E-state index contributed by atoms with van der Waals surface area (Å²) in [5, 5.41) is 9.73. The Hall–Kier alpha value is -2.25. The molecule has 0 aromatic heterocycles. The molecule has 1 N–H and O–H groups in total. The van der Waals surface area contributed by atoms with Crippen molar-refractivity contribution >= 4 is 46.8 Å². The Morgan fingerprint density at radius 3 is 2.19 bits per heavy atom. The molecule has 26 heavy (non-hydrogen) atoms. The van der Waals surface area contributed by atoms with Crippen molar-refractivity contribution in [1.29, 1.82) is 0 Å². The molecule has 7 nitrogen and oxygen atoms in total. The molecule has 0 bridgehead atoms. The van der Waals surface area contributed by atoms with Crippen LogP contribution in [0.3, 0.4) is 0 Å². The van der Waals surface area contributed by atoms with Gasteiger partial charge in [0.15, 0.2) is 0 Å². The number of nitrogens with zero attached hydrogens (tertiary/aromatic N) is 1. The normalized spacial score (nSPS) is 13.3. The molecule has 0 aliphatic carbocycles. The number of likely N-dealkylation sites (N-methyl/N-ethyl adjacent to an activating group) is 1. The fourth-order valence-electron chi connectivity index (χ4n) is 2.04. The Bertz CT molecular complexity index is 722. The monoisotopic (exact) mass is 403 g/mol. The van der Waals surface area contributed by atoms with Crippen LogP contribution in [0.2, 0.25) is 10.0 Å². The van der Waals surface area contributed by atoms with Crippen LogP contribution in [0.1, 0.15) is 18.1 Å². The van der Waals surface area contributed by atoms with Crippen molar-refractivity contribution < 1.29 is 29.0 Å². The number of carbonyl (C=O) groups excluding carboxylic acids is 2. The molecule has 1 aliphatic rings. The molecule has 2 rings (SSSR count). The SMILES string of the molecule is CCc1c(Cl)ccc(C(=CC(=O)O)C(=O)N(C)C)c1Cl.O=C1OCCO1. The van der Waals surface area contributed by atoms with Gasteiger partial charge >= 0.3 is 12.1 Å². The number of rotatable bonds is 4. The van der Waals surface area contributed by atoms with E-state index in [1.807, 2.05) is 6.92 Å². The van der Waals surface area contributed by atoms with Crippen LogP contribution in [0.4, 0.5) is 4.79 Å². The average Bonchev–Trinajstić information content (AvgIpc) is 3.04. The maximum Gasteiger partial charge on any atom is 0.508 e. The van der Waals surface area contributed by atoms with Gasteiger partial charge in [-0.15, -0.1) is 0 Å². The van der Waals surface area contributed by atoms with Crippen LogP contribution in [0, 0.1) is 0 Å². The fourth-order valence-corrected chi connectivity index (χ4v) is 2.78. The topological polar surface area (TPSA) is 93.1 Å². The summed E-state index contributed by atoms with van der Waals surface area (Å²) >= 11 is 12.3. The van der Waals surface area contributed by atoms with E-state index < -0.39 is 18.0 Å². The average molecular weight is 404 g/mol. The zero-order chi connectivity index (χ0) is 19.9. The van der Waals surface area contributed by atoms with E-state index in [4.69, 9.17) is 28.3 Å². The largest absolute Gasteiger partial charge is 0.508 e. The molecule has 1 saturated heterocycles. The quantitative estimate of drug-likeness (QED) is 0.612. The third kappa shape index (κ3) is 5.93. The van der Waals surface area contributed by atoms with Gasteiger partial charge in [-0.25, -0.2) is 9.59 Å². The zero-order valence-electron chi connectivity index (χ0n) is 14.5. The number of aliphatic carboxylic acids is 1. The summed E-state index contributed by atoms with van der Waals surface area (Å²) in [5.74, 6) is -1.64. The number of carboxylic acid groups (broad SMARTS) is 1. The van der Waals surface area contributed by atoms with E-state index in [2.05, 4.69) is 9.47 Å². The first-order valence-electron chi connectivity index (χ1n) is 7.62. The molecule has 1 aromatic rings. The van der Waals surface area contributed by atoms with Crippen LogP contribution in [-0.2, 0) is 25.5 Å². The molecule has 1 amide bonds. The minimum absolute atomic E-state index is 0.0267. The van der Waals surface area contributed by atoms with Crippen molar-refractivity contribution in [2.24, 2.45) is 0 Å². The predicted molar refractivity (Wildman–Crippen MR) is 97.4 cm³/mol. The second-order valence-corrected chi connectivity index (χ2v) is 6.07. The van der Waals surface area contributed by atoms with Gasteiger partial charge in [0.05, 0.1) is 10.6 Å². The number of amides is 1. The first-order valence-corrected chi connectivity index (χ1v) is 8.37. The first-order chi connectivity index (χ1) is 12.2. The molecule has 0 radical (unpaired) electrons. The van der Waals surface area contributed by atoms with E-state index in [1.165, 1.54) is 4.90 Å². The summed E-state index contributed by atoms with van der Waals surface area (Å²) in [4.78, 5) is 34.1. The molecule has 0 unspecified atom stereocenters. The lowest BCUT2D eigenvalue weighted by atomic mass is 10.0. The third-order valence-electron chi connectivity index (χ3n) is 3.26. The Labute approximate surface area is 161 Å². The van der Waals surface area contributed by atoms with Gasteiger partial charge < -0.3 is 19.5 Å². The highest BCUT2D eigenvalue weighted by Crippen LogP contribution is 2.33. The molecule has 1 heterocycles. The van der Waals surface area contributed by atoms with Gasteiger partial charge in [-0.2, -0.15) is 0 Å². The number of ether oxygens (including phenoxy) is 2. The summed E-state index contributed by atoms with van der Waals surface area (Å²) in [6.45, 7) is 2.71. The van der Waals surface area contributed by atoms with E-state index in [1.54, 1.807) is 26.2 Å². The van der Waals surface area contributed by atoms with E-state index in [-0.39, 0.29) is 5.57 Å². The van der Waals surface area contributed by atoms with Gasteiger partial charge in [-0.05, 0) is 18.1 Å². The van der Waals surface area contributed by atoms with Crippen LogP contribution < -0.4 is 0 Å². The van der Waals surface area contributed by atoms with Crippen molar-refractivity contribution in [3.63, 3.8) is 0 Å². The molecular formula is C17H19Cl2NO6. The predicted octanol–water partition coefficient (Wildman–Crippen LogP) is 3.27. The molecule has 1 fully saturated rings. The van der Waals surface area contributed by atoms with Gasteiger partial charge in [-0.1, -0.05) is 36.2 Å². The van der Waals surface area contributed by atoms with Crippen molar-refractivity contribution in [2.45, 2.75) is 13.3 Å². The lowest BCUT2D eigenvalue weighted by Crippen LogP contribution is -2.23. The number of hydrogen-bond donors (Lipinski definition) is 1. The van der Waals surface area contributed by atoms with Crippen molar-refractivity contribution in [1.82, 2.24) is 4.90 Å². The molecule has 0 atom stereocenters. The number of hydrogen-bond acceptors (Lipinski definition) is 5. The van der Waals surface area contributed by atoms with Crippen molar-refractivity contribution in [2.75, 3.05) is 27.3 Å². The molecule has 1 aliphatic heterocycles. The van der Waals surface area contributed by atoms with Crippen LogP contribution >= 0.6 is 23.2 Å². The summed E-state index contributed by atoms with van der Waals surface area (Å²) in [5.41, 5.74) is 1.08. The third-order valence-corrected chi connectivity index (χ3v) is 4.04. The van der Waals surface area contributed by atoms with Crippen LogP contribution in [0.25, 0.3) is 5.57 Å². The Morgan fingerprint density at radius 2 is 1.81 bits per heavy atom. The smallest absolute Gasteiger partial charge is 0.478 e. The van der Waals surface area contributed by atoms with Gasteiger partial charge in [0.2, 0.25) is 0 Å². The highest BCUT2D eigenvalue weighted by molar-refractivity contribution is 6.39. The zero-order valence-corrected chi connectivity index (χ0v) is 16.1. The van der Waals surface area contributed by atoms with Crippen molar-refractivity contribution in [3.05, 3.63) is 39.4 Å². The minimum atomic E-state index is -1.21. The molecule has 0 saturated carbocycles. The van der Waals surface area contributed by atoms with Crippen LogP contribution in [-0.4, -0.2) is 55.3 Å². The number of benzene rings is 1. The summed E-state index contributed by atoms with van der Waals surface area (Å²) < 4.78 is 8.58. The number of cyclic esters (lactones) is 2. The minimum Gasteiger partial charge on any atom is -0.478 e. The van der Waals surface area contributed by atoms with E-state index in [9.17, 15) is 14.4 Å². The Kier molecular flexibility index (Phi) is 8.41. The Morgan fingerprint density at radius 1 is 1.23 bits per heavy atom. The summed E-state index contributed by atoms with van der Waals surface area (Å²) in [6, 6.07) is 3.17. The van der Waals surface area contributed by atoms with E-state index in [0.29, 0.717) is 40.8 Å². The standard InChI is InChI=1S/C14H15Cl2NO3.C3H4O3/c1-4-8-11(15)6-5-9(13(8)16)10(7-12(18)19)14(20)17(2)3;4-3-5-1-2-6-3/h5-7H,4H2,1-3H3,(H,18,19);1-2H2. The van der Waals surface area contributed by atoms with Crippen molar-refractivity contribution in [3.8, 4) is 0 Å². The highest BCUT2D eigenvalue weighted by Gasteiger charge is 2.20. The number of halogens is 2. The maximum absolute atomic E-state index is 12.1. The van der Waals surface area contributed by atoms with E-state index in [0.717, 1.165) is 6.08 Å². The van der Waals surface area contributed by atoms with Crippen LogP contribution in [0.5, 0.6) is 0 Å². The fraction of sp³-hybridized carbons (Fsp3) is 0.353. The van der Waals surface area contributed by atoms with Crippen LogP contribution in [0.15, 0.2) is 18.2 Å². The highest BCUT2D eigenvalue weighted by atomic mass is 35.5. The van der Waals surface area contributed by atoms with Gasteiger partial charge in [0.25, 0.3) is 5.91 Å². The molecule has 0 spiro atoms. The lowest BCUT2D eigenvalue weighted by molar-refractivity contribution is -0.131. The first kappa shape index (κ1) is 21.8. The molecule has 142 valence electrons. The second-order valence-electron chi connectivity index (χ2n) is 5.28. The Balaban J connectivity index is 0.000000472. The van der Waals surface area contributed by atoms with Gasteiger partial charge in [0.1, 0.15) is 13.2 Å². The molecule has 9 heteroatoms. The lowest BCUT2D eigenvalue weighted by Gasteiger charge is -2.16. The van der Waals surface area contributed by atoms with E-state index >= 15 is 0 Å². The number of carbonyl (C=O) groups is 3. The second kappa shape index (κ2) is 10.0. The molecular weight excluding hydrogens is 385 g/mol. The summed E-state index contributed by atoms with van der Waals surface area (Å²) in [7, 11) is 3.09. The number of carboxylic acids is 1. The van der Waals surface area contributed by atoms with Gasteiger partial charge in [0, 0.05) is 30.8 Å². The summed E-state index contributed by atoms with van der Waals surface area (Å²) in [6.07, 6.45) is 0.897. The van der Waals surface area contributed by atoms with Gasteiger partial charge in [-0.3, -0.25) is 4.79 Å². The molecule has 1 aromatic carbocycles. The maximum atomic E-state index is 12.1.